The molecule has 0 bridgehead atoms. The van der Waals surface area contributed by atoms with E-state index in [9.17, 15) is 9.59 Å². The molecule has 1 aromatic carbocycles. The van der Waals surface area contributed by atoms with Crippen LogP contribution in [0.3, 0.4) is 0 Å². The van der Waals surface area contributed by atoms with Crippen molar-refractivity contribution in [3.63, 3.8) is 0 Å². The largest absolute Gasteiger partial charge is 0.478 e. The van der Waals surface area contributed by atoms with Gasteiger partial charge in [0.15, 0.2) is 0 Å². The van der Waals surface area contributed by atoms with E-state index in [1.807, 2.05) is 20.8 Å². The van der Waals surface area contributed by atoms with E-state index in [0.717, 1.165) is 0 Å². The van der Waals surface area contributed by atoms with E-state index in [2.05, 4.69) is 0 Å². The van der Waals surface area contributed by atoms with Crippen molar-refractivity contribution in [1.29, 1.82) is 0 Å². The fourth-order valence-corrected chi connectivity index (χ4v) is 2.09. The van der Waals surface area contributed by atoms with Crippen LogP contribution in [0.15, 0.2) is 24.3 Å². The van der Waals surface area contributed by atoms with E-state index in [1.54, 1.807) is 37.2 Å². The topological polar surface area (TPSA) is 60.9 Å². The Hall–Kier alpha value is -2.04. The monoisotopic (exact) mass is 278 g/mol. The second-order valence-corrected chi connectivity index (χ2v) is 6.08. The van der Waals surface area contributed by atoms with Gasteiger partial charge in [0, 0.05) is 20.6 Å². The Balaban J connectivity index is 2.98. The fraction of sp³-hybridized carbons (Fsp3) is 0.467. The molecule has 110 valence electrons. The summed E-state index contributed by atoms with van der Waals surface area (Å²) < 4.78 is 0. The standard InChI is InChI=1S/C15H22N2O3/c1-15(2,3)10-16(4)14(20)17(5)12-9-7-6-8-11(12)13(18)19/h6-9H,10H2,1-5H3,(H,18,19). The first-order valence-corrected chi connectivity index (χ1v) is 6.44. The third-order valence-electron chi connectivity index (χ3n) is 2.82. The number of carbonyl (C=O) groups excluding carboxylic acids is 1. The molecule has 0 aromatic heterocycles. The predicted octanol–water partition coefficient (Wildman–Crippen LogP) is 2.92. The normalized spacial score (nSPS) is 11.1. The summed E-state index contributed by atoms with van der Waals surface area (Å²) in [5.74, 6) is -1.04. The van der Waals surface area contributed by atoms with Gasteiger partial charge in [0.25, 0.3) is 0 Å². The Morgan fingerprint density at radius 1 is 1.15 bits per heavy atom. The molecular formula is C15H22N2O3. The third-order valence-corrected chi connectivity index (χ3v) is 2.82. The Morgan fingerprint density at radius 3 is 2.20 bits per heavy atom. The molecule has 5 heteroatoms. The molecule has 20 heavy (non-hydrogen) atoms. The molecule has 0 spiro atoms. The van der Waals surface area contributed by atoms with Crippen molar-refractivity contribution in [1.82, 2.24) is 4.90 Å². The predicted molar refractivity (Wildman–Crippen MR) is 79.3 cm³/mol. The minimum Gasteiger partial charge on any atom is -0.478 e. The van der Waals surface area contributed by atoms with E-state index < -0.39 is 5.97 Å². The number of carboxylic acids is 1. The smallest absolute Gasteiger partial charge is 0.337 e. The summed E-state index contributed by atoms with van der Waals surface area (Å²) in [6.45, 7) is 6.72. The lowest BCUT2D eigenvalue weighted by atomic mass is 9.96. The maximum Gasteiger partial charge on any atom is 0.337 e. The maximum atomic E-state index is 12.4. The van der Waals surface area contributed by atoms with Crippen LogP contribution in [-0.4, -0.2) is 42.6 Å². The molecule has 0 aliphatic carbocycles. The Bertz CT molecular complexity index is 506. The number of carbonyl (C=O) groups is 2. The van der Waals surface area contributed by atoms with E-state index in [-0.39, 0.29) is 17.0 Å². The number of anilines is 1. The molecule has 1 rings (SSSR count). The van der Waals surface area contributed by atoms with Crippen LogP contribution in [0.4, 0.5) is 10.5 Å². The zero-order chi connectivity index (χ0) is 15.5. The minimum absolute atomic E-state index is 0.0163. The lowest BCUT2D eigenvalue weighted by Gasteiger charge is -2.30. The van der Waals surface area contributed by atoms with Crippen LogP contribution in [0.1, 0.15) is 31.1 Å². The van der Waals surface area contributed by atoms with Gasteiger partial charge in [-0.3, -0.25) is 4.90 Å². The quantitative estimate of drug-likeness (QED) is 0.924. The number of rotatable bonds is 3. The van der Waals surface area contributed by atoms with Crippen LogP contribution in [0.2, 0.25) is 0 Å². The van der Waals surface area contributed by atoms with Crippen LogP contribution in [0.5, 0.6) is 0 Å². The number of carboxylic acid groups (broad SMARTS) is 1. The van der Waals surface area contributed by atoms with Gasteiger partial charge < -0.3 is 10.0 Å². The Labute approximate surface area is 119 Å². The lowest BCUT2D eigenvalue weighted by molar-refractivity contribution is 0.0697. The van der Waals surface area contributed by atoms with Crippen molar-refractivity contribution >= 4 is 17.7 Å². The van der Waals surface area contributed by atoms with E-state index >= 15 is 0 Å². The van der Waals surface area contributed by atoms with E-state index in [4.69, 9.17) is 5.11 Å². The van der Waals surface area contributed by atoms with Gasteiger partial charge in [-0.15, -0.1) is 0 Å². The first-order valence-electron chi connectivity index (χ1n) is 6.44. The first-order chi connectivity index (χ1) is 9.13. The molecule has 0 atom stereocenters. The Kier molecular flexibility index (Phi) is 4.76. The van der Waals surface area contributed by atoms with Crippen molar-refractivity contribution in [2.45, 2.75) is 20.8 Å². The highest BCUT2D eigenvalue weighted by atomic mass is 16.4. The first kappa shape index (κ1) is 16.0. The van der Waals surface area contributed by atoms with Crippen LogP contribution < -0.4 is 4.90 Å². The van der Waals surface area contributed by atoms with Crippen molar-refractivity contribution in [2.24, 2.45) is 5.41 Å². The van der Waals surface area contributed by atoms with Crippen molar-refractivity contribution in [2.75, 3.05) is 25.5 Å². The molecule has 0 fully saturated rings. The van der Waals surface area contributed by atoms with Crippen molar-refractivity contribution in [3.05, 3.63) is 29.8 Å². The third kappa shape index (κ3) is 3.98. The van der Waals surface area contributed by atoms with Gasteiger partial charge in [0.05, 0.1) is 11.3 Å². The lowest BCUT2D eigenvalue weighted by Crippen LogP contribution is -2.43. The van der Waals surface area contributed by atoms with Crippen LogP contribution in [0.25, 0.3) is 0 Å². The molecule has 0 aliphatic rings. The number of amides is 2. The average molecular weight is 278 g/mol. The molecule has 0 radical (unpaired) electrons. The number of hydrogen-bond acceptors (Lipinski definition) is 2. The molecule has 2 amide bonds. The van der Waals surface area contributed by atoms with Gasteiger partial charge in [0.1, 0.15) is 0 Å². The number of aromatic carboxylic acids is 1. The van der Waals surface area contributed by atoms with E-state index in [0.29, 0.717) is 12.2 Å². The molecule has 0 heterocycles. The summed E-state index contributed by atoms with van der Waals surface area (Å²) in [5.41, 5.74) is 0.496. The molecule has 5 nitrogen and oxygen atoms in total. The van der Waals surface area contributed by atoms with Crippen molar-refractivity contribution < 1.29 is 14.7 Å². The minimum atomic E-state index is -1.04. The molecule has 1 N–H and O–H groups in total. The highest BCUT2D eigenvalue weighted by molar-refractivity contribution is 6.01. The summed E-state index contributed by atoms with van der Waals surface area (Å²) in [5, 5.41) is 9.17. The summed E-state index contributed by atoms with van der Waals surface area (Å²) >= 11 is 0. The van der Waals surface area contributed by atoms with Gasteiger partial charge in [-0.1, -0.05) is 32.9 Å². The molecular weight excluding hydrogens is 256 g/mol. The van der Waals surface area contributed by atoms with Gasteiger partial charge >= 0.3 is 12.0 Å². The average Bonchev–Trinajstić information content (AvgIpc) is 2.34. The van der Waals surface area contributed by atoms with Gasteiger partial charge in [0.2, 0.25) is 0 Å². The second kappa shape index (κ2) is 5.94. The number of nitrogens with zero attached hydrogens (tertiary/aromatic N) is 2. The number of benzene rings is 1. The molecule has 0 aliphatic heterocycles. The molecule has 0 saturated carbocycles. The van der Waals surface area contributed by atoms with Gasteiger partial charge in [-0.2, -0.15) is 0 Å². The van der Waals surface area contributed by atoms with Gasteiger partial charge in [-0.25, -0.2) is 9.59 Å². The fourth-order valence-electron chi connectivity index (χ4n) is 2.09. The number of para-hydroxylation sites is 1. The van der Waals surface area contributed by atoms with Crippen LogP contribution in [-0.2, 0) is 0 Å². The summed E-state index contributed by atoms with van der Waals surface area (Å²) in [4.78, 5) is 26.5. The highest BCUT2D eigenvalue weighted by Crippen LogP contribution is 2.21. The van der Waals surface area contributed by atoms with E-state index in [1.165, 1.54) is 11.0 Å². The second-order valence-electron chi connectivity index (χ2n) is 6.08. The Morgan fingerprint density at radius 2 is 1.70 bits per heavy atom. The SMILES string of the molecule is CN(CC(C)(C)C)C(=O)N(C)c1ccccc1C(=O)O. The zero-order valence-corrected chi connectivity index (χ0v) is 12.7. The zero-order valence-electron chi connectivity index (χ0n) is 12.7. The summed E-state index contributed by atoms with van der Waals surface area (Å²) in [6, 6.07) is 6.25. The van der Waals surface area contributed by atoms with Crippen molar-refractivity contribution in [3.8, 4) is 0 Å². The molecule has 0 unspecified atom stereocenters. The number of urea groups is 1. The molecule has 0 saturated heterocycles. The summed E-state index contributed by atoms with van der Waals surface area (Å²) in [6.07, 6.45) is 0. The van der Waals surface area contributed by atoms with Gasteiger partial charge in [-0.05, 0) is 17.5 Å². The highest BCUT2D eigenvalue weighted by Gasteiger charge is 2.23. The number of hydrogen-bond donors (Lipinski definition) is 1. The van der Waals surface area contributed by atoms with Crippen LogP contribution in [0, 0.1) is 5.41 Å². The van der Waals surface area contributed by atoms with Crippen LogP contribution >= 0.6 is 0 Å². The molecule has 1 aromatic rings. The summed E-state index contributed by atoms with van der Waals surface area (Å²) in [7, 11) is 3.30. The maximum absolute atomic E-state index is 12.4.